The topological polar surface area (TPSA) is 26.3 Å². The standard InChI is InChI=1S/C8H10O2/c1-3-4-6-5-7(6)8(9)10-2/h6-7H,5H2,1-2H3. The lowest BCUT2D eigenvalue weighted by molar-refractivity contribution is -0.142. The van der Waals surface area contributed by atoms with Crippen molar-refractivity contribution in [1.29, 1.82) is 0 Å². The van der Waals surface area contributed by atoms with Crippen molar-refractivity contribution in [1.82, 2.24) is 0 Å². The minimum Gasteiger partial charge on any atom is -0.469 e. The number of esters is 1. The van der Waals surface area contributed by atoms with Crippen molar-refractivity contribution < 1.29 is 9.53 Å². The van der Waals surface area contributed by atoms with Gasteiger partial charge in [0.05, 0.1) is 13.0 Å². The van der Waals surface area contributed by atoms with Gasteiger partial charge < -0.3 is 4.74 Å². The lowest BCUT2D eigenvalue weighted by Gasteiger charge is -1.91. The molecule has 10 heavy (non-hydrogen) atoms. The Kier molecular flexibility index (Phi) is 1.96. The van der Waals surface area contributed by atoms with Crippen molar-refractivity contribution in [2.75, 3.05) is 7.11 Å². The summed E-state index contributed by atoms with van der Waals surface area (Å²) in [6.45, 7) is 1.78. The predicted octanol–water partition coefficient (Wildman–Crippen LogP) is 0.819. The van der Waals surface area contributed by atoms with Gasteiger partial charge in [-0.3, -0.25) is 4.79 Å². The smallest absolute Gasteiger partial charge is 0.309 e. The Labute approximate surface area is 60.6 Å². The molecule has 0 saturated heterocycles. The van der Waals surface area contributed by atoms with Crippen LogP contribution in [0.25, 0.3) is 0 Å². The summed E-state index contributed by atoms with van der Waals surface area (Å²) in [6, 6.07) is 0. The van der Waals surface area contributed by atoms with Gasteiger partial charge >= 0.3 is 5.97 Å². The second kappa shape index (κ2) is 2.74. The Morgan fingerprint density at radius 2 is 2.40 bits per heavy atom. The minimum absolute atomic E-state index is 0.0671. The molecule has 2 unspecified atom stereocenters. The van der Waals surface area contributed by atoms with E-state index < -0.39 is 0 Å². The fourth-order valence-corrected chi connectivity index (χ4v) is 0.952. The van der Waals surface area contributed by atoms with Gasteiger partial charge in [-0.15, -0.1) is 5.92 Å². The Bertz CT molecular complexity index is 197. The number of methoxy groups -OCH3 is 1. The van der Waals surface area contributed by atoms with Crippen LogP contribution in [0.1, 0.15) is 13.3 Å². The number of hydrogen-bond donors (Lipinski definition) is 0. The van der Waals surface area contributed by atoms with Gasteiger partial charge in [-0.2, -0.15) is 0 Å². The van der Waals surface area contributed by atoms with E-state index in [4.69, 9.17) is 0 Å². The second-order valence-electron chi connectivity index (χ2n) is 2.37. The second-order valence-corrected chi connectivity index (χ2v) is 2.37. The van der Waals surface area contributed by atoms with Gasteiger partial charge in [0.15, 0.2) is 0 Å². The zero-order chi connectivity index (χ0) is 7.56. The number of carbonyl (C=O) groups excluding carboxylic acids is 1. The number of carbonyl (C=O) groups is 1. The maximum Gasteiger partial charge on any atom is 0.309 e. The van der Waals surface area contributed by atoms with Gasteiger partial charge in [0.25, 0.3) is 0 Å². The Morgan fingerprint density at radius 3 is 2.90 bits per heavy atom. The van der Waals surface area contributed by atoms with Crippen LogP contribution < -0.4 is 0 Å². The number of ether oxygens (including phenoxy) is 1. The third kappa shape index (κ3) is 1.30. The van der Waals surface area contributed by atoms with E-state index in [0.717, 1.165) is 6.42 Å². The third-order valence-electron chi connectivity index (χ3n) is 1.62. The lowest BCUT2D eigenvalue weighted by Crippen LogP contribution is -2.03. The first kappa shape index (κ1) is 7.14. The Hall–Kier alpha value is -0.970. The van der Waals surface area contributed by atoms with Crippen molar-refractivity contribution in [2.45, 2.75) is 13.3 Å². The van der Waals surface area contributed by atoms with E-state index in [1.54, 1.807) is 6.92 Å². The summed E-state index contributed by atoms with van der Waals surface area (Å²) in [4.78, 5) is 10.8. The van der Waals surface area contributed by atoms with Crippen LogP contribution in [-0.4, -0.2) is 13.1 Å². The van der Waals surface area contributed by atoms with Crippen LogP contribution in [-0.2, 0) is 9.53 Å². The van der Waals surface area contributed by atoms with E-state index in [1.807, 2.05) is 0 Å². The van der Waals surface area contributed by atoms with E-state index in [9.17, 15) is 4.79 Å². The molecule has 0 radical (unpaired) electrons. The van der Waals surface area contributed by atoms with Crippen LogP contribution in [0, 0.1) is 23.7 Å². The summed E-state index contributed by atoms with van der Waals surface area (Å²) in [7, 11) is 1.41. The van der Waals surface area contributed by atoms with E-state index in [0.29, 0.717) is 0 Å². The highest BCUT2D eigenvalue weighted by Crippen LogP contribution is 2.38. The third-order valence-corrected chi connectivity index (χ3v) is 1.62. The Balaban J connectivity index is 2.36. The van der Waals surface area contributed by atoms with Gasteiger partial charge in [0.2, 0.25) is 0 Å². The molecule has 0 heterocycles. The first-order valence-electron chi connectivity index (χ1n) is 3.29. The van der Waals surface area contributed by atoms with Gasteiger partial charge in [-0.1, -0.05) is 5.92 Å². The van der Waals surface area contributed by atoms with E-state index in [1.165, 1.54) is 7.11 Å². The molecule has 0 aromatic rings. The van der Waals surface area contributed by atoms with E-state index in [2.05, 4.69) is 16.6 Å². The summed E-state index contributed by atoms with van der Waals surface area (Å²) in [6.07, 6.45) is 0.882. The van der Waals surface area contributed by atoms with Gasteiger partial charge in [-0.05, 0) is 13.3 Å². The summed E-state index contributed by atoms with van der Waals surface area (Å²) in [5, 5.41) is 0. The largest absolute Gasteiger partial charge is 0.469 e. The molecule has 1 aliphatic carbocycles. The molecule has 0 aliphatic heterocycles. The molecule has 2 atom stereocenters. The molecule has 0 bridgehead atoms. The monoisotopic (exact) mass is 138 g/mol. The molecule has 0 aromatic heterocycles. The molecule has 1 fully saturated rings. The average molecular weight is 138 g/mol. The highest BCUT2D eigenvalue weighted by molar-refractivity contribution is 5.76. The zero-order valence-electron chi connectivity index (χ0n) is 6.18. The lowest BCUT2D eigenvalue weighted by atomic mass is 10.3. The first-order chi connectivity index (χ1) is 4.79. The summed E-state index contributed by atoms with van der Waals surface area (Å²) < 4.78 is 4.54. The molecule has 1 rings (SSSR count). The van der Waals surface area contributed by atoms with Crippen LogP contribution in [0.15, 0.2) is 0 Å². The fourth-order valence-electron chi connectivity index (χ4n) is 0.952. The zero-order valence-corrected chi connectivity index (χ0v) is 6.18. The first-order valence-corrected chi connectivity index (χ1v) is 3.29. The van der Waals surface area contributed by atoms with Crippen molar-refractivity contribution in [2.24, 2.45) is 11.8 Å². The highest BCUT2D eigenvalue weighted by Gasteiger charge is 2.42. The highest BCUT2D eigenvalue weighted by atomic mass is 16.5. The molecule has 1 aliphatic rings. The summed E-state index contributed by atoms with van der Waals surface area (Å²) in [5.41, 5.74) is 0. The molecular formula is C8H10O2. The molecule has 0 N–H and O–H groups in total. The van der Waals surface area contributed by atoms with Crippen molar-refractivity contribution >= 4 is 5.97 Å². The molecule has 54 valence electrons. The summed E-state index contributed by atoms with van der Waals surface area (Å²) in [5.74, 6) is 5.94. The fraction of sp³-hybridized carbons (Fsp3) is 0.625. The quantitative estimate of drug-likeness (QED) is 0.396. The molecule has 2 nitrogen and oxygen atoms in total. The van der Waals surface area contributed by atoms with Crippen LogP contribution >= 0.6 is 0 Å². The maximum atomic E-state index is 10.8. The Morgan fingerprint density at radius 1 is 1.70 bits per heavy atom. The minimum atomic E-state index is -0.118. The molecule has 0 spiro atoms. The number of hydrogen-bond acceptors (Lipinski definition) is 2. The van der Waals surface area contributed by atoms with Crippen molar-refractivity contribution in [3.05, 3.63) is 0 Å². The maximum absolute atomic E-state index is 10.8. The van der Waals surface area contributed by atoms with Crippen molar-refractivity contribution in [3.63, 3.8) is 0 Å². The average Bonchev–Trinajstić information content (AvgIpc) is 2.67. The molecular weight excluding hydrogens is 128 g/mol. The SMILES string of the molecule is CC#CC1CC1C(=O)OC. The van der Waals surface area contributed by atoms with Gasteiger partial charge in [-0.25, -0.2) is 0 Å². The molecule has 0 aromatic carbocycles. The predicted molar refractivity (Wildman–Crippen MR) is 37.1 cm³/mol. The van der Waals surface area contributed by atoms with Crippen LogP contribution in [0.5, 0.6) is 0 Å². The molecule has 2 heteroatoms. The van der Waals surface area contributed by atoms with Crippen LogP contribution in [0.4, 0.5) is 0 Å². The van der Waals surface area contributed by atoms with Crippen LogP contribution in [0.2, 0.25) is 0 Å². The van der Waals surface area contributed by atoms with Gasteiger partial charge in [0, 0.05) is 5.92 Å². The molecule has 1 saturated carbocycles. The van der Waals surface area contributed by atoms with Crippen LogP contribution in [0.3, 0.4) is 0 Å². The molecule has 0 amide bonds. The normalized spacial score (nSPS) is 28.2. The van der Waals surface area contributed by atoms with E-state index in [-0.39, 0.29) is 17.8 Å². The number of rotatable bonds is 1. The van der Waals surface area contributed by atoms with Crippen molar-refractivity contribution in [3.8, 4) is 11.8 Å². The van der Waals surface area contributed by atoms with Gasteiger partial charge in [0.1, 0.15) is 0 Å². The van der Waals surface area contributed by atoms with E-state index >= 15 is 0 Å². The summed E-state index contributed by atoms with van der Waals surface area (Å²) >= 11 is 0.